The molecule has 2 aromatic rings. The fourth-order valence-electron chi connectivity index (χ4n) is 3.89. The number of anilines is 2. The Bertz CT molecular complexity index is 932. The number of piperidine rings is 1. The predicted molar refractivity (Wildman–Crippen MR) is 124 cm³/mol. The van der Waals surface area contributed by atoms with Crippen LogP contribution < -0.4 is 10.8 Å². The number of nitrogens with one attached hydrogen (secondary N) is 2. The largest absolute Gasteiger partial charge is 0.333 e. The Morgan fingerprint density at radius 2 is 2.06 bits per heavy atom. The average molecular weight is 440 g/mol. The first-order valence-corrected chi connectivity index (χ1v) is 11.0. The van der Waals surface area contributed by atoms with Gasteiger partial charge in [0.2, 0.25) is 11.8 Å². The fourth-order valence-corrected chi connectivity index (χ4v) is 3.89. The molecule has 0 atom stereocenters. The second kappa shape index (κ2) is 10.6. The summed E-state index contributed by atoms with van der Waals surface area (Å²) >= 11 is 0. The van der Waals surface area contributed by atoms with E-state index < -0.39 is 5.41 Å². The van der Waals surface area contributed by atoms with Crippen LogP contribution in [0.4, 0.5) is 11.5 Å². The molecule has 0 spiro atoms. The summed E-state index contributed by atoms with van der Waals surface area (Å²) < 4.78 is 0. The van der Waals surface area contributed by atoms with Gasteiger partial charge < -0.3 is 10.2 Å². The molecule has 2 heterocycles. The third-order valence-corrected chi connectivity index (χ3v) is 5.67. The van der Waals surface area contributed by atoms with E-state index in [4.69, 9.17) is 4.94 Å². The monoisotopic (exact) mass is 439 g/mol. The van der Waals surface area contributed by atoms with Crippen LogP contribution >= 0.6 is 0 Å². The minimum Gasteiger partial charge on any atom is -0.333 e. The number of rotatable bonds is 9. The lowest BCUT2D eigenvalue weighted by Gasteiger charge is -2.36. The number of likely N-dealkylation sites (tertiary alicyclic amines) is 1. The van der Waals surface area contributed by atoms with Crippen LogP contribution in [-0.2, 0) is 27.5 Å². The number of hydrogen-bond donors (Lipinski definition) is 2. The average Bonchev–Trinajstić information content (AvgIpc) is 2.76. The van der Waals surface area contributed by atoms with Gasteiger partial charge in [0, 0.05) is 30.9 Å². The zero-order valence-corrected chi connectivity index (χ0v) is 19.4. The molecule has 172 valence electrons. The first-order chi connectivity index (χ1) is 15.3. The van der Waals surface area contributed by atoms with Crippen LogP contribution in [0.3, 0.4) is 0 Å². The van der Waals surface area contributed by atoms with Crippen LogP contribution in [-0.4, -0.2) is 46.9 Å². The number of aryl methyl sites for hydroxylation is 1. The lowest BCUT2D eigenvalue weighted by Crippen LogP contribution is -2.48. The Hall–Kier alpha value is -2.97. The second-order valence-corrected chi connectivity index (χ2v) is 8.79. The number of hydroxylamine groups is 2. The van der Waals surface area contributed by atoms with E-state index in [0.29, 0.717) is 24.6 Å². The minimum absolute atomic E-state index is 0.0418. The molecule has 3 rings (SSSR count). The van der Waals surface area contributed by atoms with E-state index in [9.17, 15) is 9.59 Å². The van der Waals surface area contributed by atoms with Gasteiger partial charge in [-0.1, -0.05) is 32.9 Å². The highest BCUT2D eigenvalue weighted by Gasteiger charge is 2.36. The van der Waals surface area contributed by atoms with E-state index in [1.165, 1.54) is 5.56 Å². The lowest BCUT2D eigenvalue weighted by atomic mass is 9.83. The van der Waals surface area contributed by atoms with Crippen molar-refractivity contribution in [3.8, 4) is 0 Å². The molecular weight excluding hydrogens is 406 g/mol. The molecule has 0 saturated carbocycles. The summed E-state index contributed by atoms with van der Waals surface area (Å²) in [6, 6.07) is 11.4. The molecule has 2 amide bonds. The highest BCUT2D eigenvalue weighted by Crippen LogP contribution is 2.29. The van der Waals surface area contributed by atoms with Gasteiger partial charge in [-0.2, -0.15) is 10.0 Å². The van der Waals surface area contributed by atoms with Crippen molar-refractivity contribution >= 4 is 23.3 Å². The third kappa shape index (κ3) is 6.27. The van der Waals surface area contributed by atoms with Gasteiger partial charge in [-0.25, -0.2) is 10.5 Å². The molecule has 0 bridgehead atoms. The van der Waals surface area contributed by atoms with Gasteiger partial charge in [-0.3, -0.25) is 9.59 Å². The van der Waals surface area contributed by atoms with Crippen LogP contribution in [0, 0.1) is 5.41 Å². The standard InChI is InChI=1S/C24H33N5O3/c1-5-18-10-11-20(26-22(30)17-29-14-8-12-24(2,3)23(29)31)15-19(18)16-28(4)32-27-21-9-6-7-13-25-21/h6-7,9-11,13,15H,5,8,12,14,16-17H2,1-4H3,(H,25,27)(H,26,30). The summed E-state index contributed by atoms with van der Waals surface area (Å²) in [5.41, 5.74) is 5.34. The van der Waals surface area contributed by atoms with Crippen molar-refractivity contribution in [2.45, 2.75) is 46.6 Å². The van der Waals surface area contributed by atoms with E-state index in [1.807, 2.05) is 57.3 Å². The first-order valence-electron chi connectivity index (χ1n) is 11.0. The highest BCUT2D eigenvalue weighted by molar-refractivity contribution is 5.95. The highest BCUT2D eigenvalue weighted by atomic mass is 16.8. The number of carbonyl (C=O) groups is 2. The van der Waals surface area contributed by atoms with Crippen molar-refractivity contribution < 1.29 is 14.5 Å². The Morgan fingerprint density at radius 1 is 1.25 bits per heavy atom. The van der Waals surface area contributed by atoms with Gasteiger partial charge in [0.05, 0.1) is 13.1 Å². The molecule has 8 heteroatoms. The maximum absolute atomic E-state index is 12.6. The van der Waals surface area contributed by atoms with Crippen molar-refractivity contribution in [3.63, 3.8) is 0 Å². The zero-order chi connectivity index (χ0) is 23.1. The van der Waals surface area contributed by atoms with Crippen molar-refractivity contribution in [2.75, 3.05) is 30.9 Å². The summed E-state index contributed by atoms with van der Waals surface area (Å²) in [6.07, 6.45) is 4.32. The maximum Gasteiger partial charge on any atom is 0.243 e. The van der Waals surface area contributed by atoms with Gasteiger partial charge in [-0.15, -0.1) is 0 Å². The van der Waals surface area contributed by atoms with Gasteiger partial charge >= 0.3 is 0 Å². The Balaban J connectivity index is 1.60. The summed E-state index contributed by atoms with van der Waals surface area (Å²) in [5.74, 6) is 0.472. The summed E-state index contributed by atoms with van der Waals surface area (Å²) in [6.45, 7) is 7.19. The molecule has 0 aliphatic carbocycles. The SMILES string of the molecule is CCc1ccc(NC(=O)CN2CCCC(C)(C)C2=O)cc1CN(C)ONc1ccccn1. The van der Waals surface area contributed by atoms with Crippen LogP contribution in [0.15, 0.2) is 42.6 Å². The van der Waals surface area contributed by atoms with Crippen LogP contribution in [0.2, 0.25) is 0 Å². The first kappa shape index (κ1) is 23.7. The van der Waals surface area contributed by atoms with Gasteiger partial charge in [0.25, 0.3) is 0 Å². The minimum atomic E-state index is -0.400. The molecule has 32 heavy (non-hydrogen) atoms. The molecule has 1 aliphatic rings. The van der Waals surface area contributed by atoms with Crippen LogP contribution in [0.25, 0.3) is 0 Å². The van der Waals surface area contributed by atoms with Crippen molar-refractivity contribution in [1.29, 1.82) is 0 Å². The molecule has 2 N–H and O–H groups in total. The van der Waals surface area contributed by atoms with Crippen molar-refractivity contribution in [3.05, 3.63) is 53.7 Å². The fraction of sp³-hybridized carbons (Fsp3) is 0.458. The summed E-state index contributed by atoms with van der Waals surface area (Å²) in [5, 5.41) is 4.61. The topological polar surface area (TPSA) is 86.8 Å². The molecule has 8 nitrogen and oxygen atoms in total. The molecule has 0 radical (unpaired) electrons. The number of benzene rings is 1. The molecule has 0 unspecified atom stereocenters. The smallest absolute Gasteiger partial charge is 0.243 e. The number of hydrogen-bond acceptors (Lipinski definition) is 6. The summed E-state index contributed by atoms with van der Waals surface area (Å²) in [4.78, 5) is 36.6. The number of pyridine rings is 1. The zero-order valence-electron chi connectivity index (χ0n) is 19.4. The van der Waals surface area contributed by atoms with E-state index in [1.54, 1.807) is 16.2 Å². The second-order valence-electron chi connectivity index (χ2n) is 8.79. The van der Waals surface area contributed by atoms with E-state index >= 15 is 0 Å². The van der Waals surface area contributed by atoms with E-state index in [-0.39, 0.29) is 18.4 Å². The Labute approximate surface area is 189 Å². The van der Waals surface area contributed by atoms with Crippen LogP contribution in [0.5, 0.6) is 0 Å². The Kier molecular flexibility index (Phi) is 7.82. The van der Waals surface area contributed by atoms with E-state index in [0.717, 1.165) is 24.8 Å². The number of nitrogens with zero attached hydrogens (tertiary/aromatic N) is 3. The summed E-state index contributed by atoms with van der Waals surface area (Å²) in [7, 11) is 1.82. The number of carbonyl (C=O) groups excluding carboxylic acids is 2. The predicted octanol–water partition coefficient (Wildman–Crippen LogP) is 3.62. The lowest BCUT2D eigenvalue weighted by molar-refractivity contribution is -0.146. The van der Waals surface area contributed by atoms with Gasteiger partial charge in [0.15, 0.2) is 5.82 Å². The molecule has 1 aromatic carbocycles. The molecule has 1 saturated heterocycles. The normalized spacial score (nSPS) is 15.7. The van der Waals surface area contributed by atoms with E-state index in [2.05, 4.69) is 22.7 Å². The molecular formula is C24H33N5O3. The van der Waals surface area contributed by atoms with Crippen molar-refractivity contribution in [2.24, 2.45) is 5.41 Å². The molecule has 1 fully saturated rings. The number of amides is 2. The third-order valence-electron chi connectivity index (χ3n) is 5.67. The van der Waals surface area contributed by atoms with Gasteiger partial charge in [0.1, 0.15) is 0 Å². The molecule has 1 aromatic heterocycles. The van der Waals surface area contributed by atoms with Gasteiger partial charge in [-0.05, 0) is 54.7 Å². The quantitative estimate of drug-likeness (QED) is 0.581. The van der Waals surface area contributed by atoms with Crippen LogP contribution in [0.1, 0.15) is 44.7 Å². The molecule has 1 aliphatic heterocycles. The Morgan fingerprint density at radius 3 is 2.78 bits per heavy atom. The maximum atomic E-state index is 12.6. The van der Waals surface area contributed by atoms with Crippen molar-refractivity contribution in [1.82, 2.24) is 14.9 Å². The number of aromatic nitrogens is 1.